The number of amides is 1. The maximum atomic E-state index is 12.6. The van der Waals surface area contributed by atoms with E-state index in [4.69, 9.17) is 4.74 Å². The van der Waals surface area contributed by atoms with Crippen molar-refractivity contribution in [1.29, 1.82) is 0 Å². The number of hydrogen-bond donors (Lipinski definition) is 1. The van der Waals surface area contributed by atoms with Crippen LogP contribution < -0.4 is 10.1 Å². The summed E-state index contributed by atoms with van der Waals surface area (Å²) in [4.78, 5) is 14.5. The van der Waals surface area contributed by atoms with Crippen LogP contribution in [0.5, 0.6) is 5.75 Å². The largest absolute Gasteiger partial charge is 0.496 e. The number of benzene rings is 1. The van der Waals surface area contributed by atoms with E-state index in [1.807, 2.05) is 36.9 Å². The van der Waals surface area contributed by atoms with Gasteiger partial charge >= 0.3 is 0 Å². The van der Waals surface area contributed by atoms with Gasteiger partial charge in [0.25, 0.3) is 5.91 Å². The first-order valence-corrected chi connectivity index (χ1v) is 6.33. The second-order valence-corrected chi connectivity index (χ2v) is 4.61. The maximum absolute atomic E-state index is 12.6. The van der Waals surface area contributed by atoms with Crippen molar-refractivity contribution in [3.63, 3.8) is 0 Å². The smallest absolute Gasteiger partial charge is 0.257 e. The fourth-order valence-corrected chi connectivity index (χ4v) is 2.21. The quantitative estimate of drug-likeness (QED) is 0.876. The third kappa shape index (κ3) is 2.34. The third-order valence-electron chi connectivity index (χ3n) is 3.39. The summed E-state index contributed by atoms with van der Waals surface area (Å²) in [5.41, 5.74) is 1.73. The summed E-state index contributed by atoms with van der Waals surface area (Å²) in [6.07, 6.45) is 0. The second-order valence-electron chi connectivity index (χ2n) is 4.61. The zero-order chi connectivity index (χ0) is 13.1. The molecule has 1 aliphatic heterocycles. The van der Waals surface area contributed by atoms with E-state index in [1.165, 1.54) is 0 Å². The molecule has 1 saturated heterocycles. The molecule has 18 heavy (non-hydrogen) atoms. The summed E-state index contributed by atoms with van der Waals surface area (Å²) < 4.78 is 5.28. The number of aryl methyl sites for hydroxylation is 1. The molecule has 2 rings (SSSR count). The molecule has 1 aliphatic rings. The SMILES string of the molecule is CCN(C(=O)c1cc(C)ccc1OC)C1CNC1. The van der Waals surface area contributed by atoms with E-state index in [1.54, 1.807) is 7.11 Å². The van der Waals surface area contributed by atoms with Crippen LogP contribution in [-0.4, -0.2) is 43.6 Å². The molecule has 0 radical (unpaired) electrons. The summed E-state index contributed by atoms with van der Waals surface area (Å²) in [5.74, 6) is 0.709. The molecule has 1 N–H and O–H groups in total. The van der Waals surface area contributed by atoms with Crippen LogP contribution in [0.15, 0.2) is 18.2 Å². The third-order valence-corrected chi connectivity index (χ3v) is 3.39. The molecule has 1 aromatic rings. The van der Waals surface area contributed by atoms with Crippen molar-refractivity contribution in [2.75, 3.05) is 26.7 Å². The molecule has 0 aromatic heterocycles. The summed E-state index contributed by atoms with van der Waals surface area (Å²) in [6, 6.07) is 6.02. The van der Waals surface area contributed by atoms with Gasteiger partial charge in [-0.3, -0.25) is 4.79 Å². The molecule has 1 heterocycles. The lowest BCUT2D eigenvalue weighted by atomic mass is 10.1. The Bertz CT molecular complexity index is 441. The predicted octanol–water partition coefficient (Wildman–Crippen LogP) is 1.44. The van der Waals surface area contributed by atoms with Gasteiger partial charge in [-0.25, -0.2) is 0 Å². The molecule has 1 amide bonds. The van der Waals surface area contributed by atoms with Gasteiger partial charge in [0.1, 0.15) is 5.75 Å². The molecule has 0 bridgehead atoms. The number of carbonyl (C=O) groups excluding carboxylic acids is 1. The standard InChI is InChI=1S/C14H20N2O2/c1-4-16(11-8-15-9-11)14(17)12-7-10(2)5-6-13(12)18-3/h5-7,11,15H,4,8-9H2,1-3H3. The monoisotopic (exact) mass is 248 g/mol. The molecular weight excluding hydrogens is 228 g/mol. The van der Waals surface area contributed by atoms with Gasteiger partial charge in [0.2, 0.25) is 0 Å². The Labute approximate surface area is 108 Å². The summed E-state index contributed by atoms with van der Waals surface area (Å²) >= 11 is 0. The lowest BCUT2D eigenvalue weighted by Crippen LogP contribution is -2.58. The van der Waals surface area contributed by atoms with Crippen LogP contribution in [0, 0.1) is 6.92 Å². The van der Waals surface area contributed by atoms with E-state index in [9.17, 15) is 4.79 Å². The van der Waals surface area contributed by atoms with Crippen LogP contribution in [-0.2, 0) is 0 Å². The molecule has 4 heteroatoms. The van der Waals surface area contributed by atoms with Crippen LogP contribution in [0.3, 0.4) is 0 Å². The molecule has 98 valence electrons. The Morgan fingerprint density at radius 1 is 1.50 bits per heavy atom. The minimum absolute atomic E-state index is 0.0598. The van der Waals surface area contributed by atoms with E-state index in [0.29, 0.717) is 17.4 Å². The first-order chi connectivity index (χ1) is 8.67. The molecule has 0 spiro atoms. The van der Waals surface area contributed by atoms with Gasteiger partial charge in [-0.2, -0.15) is 0 Å². The lowest BCUT2D eigenvalue weighted by molar-refractivity contribution is 0.0627. The molecule has 0 aliphatic carbocycles. The number of carbonyl (C=O) groups is 1. The number of hydrogen-bond acceptors (Lipinski definition) is 3. The minimum atomic E-state index is 0.0598. The summed E-state index contributed by atoms with van der Waals surface area (Å²) in [7, 11) is 1.60. The Kier molecular flexibility index (Phi) is 3.87. The number of rotatable bonds is 4. The van der Waals surface area contributed by atoms with Gasteiger partial charge in [0, 0.05) is 19.6 Å². The summed E-state index contributed by atoms with van der Waals surface area (Å²) in [6.45, 7) is 6.49. The van der Waals surface area contributed by atoms with Gasteiger partial charge < -0.3 is 15.0 Å². The van der Waals surface area contributed by atoms with E-state index in [0.717, 1.165) is 25.2 Å². The highest BCUT2D eigenvalue weighted by Crippen LogP contribution is 2.22. The van der Waals surface area contributed by atoms with Crippen LogP contribution in [0.4, 0.5) is 0 Å². The van der Waals surface area contributed by atoms with Crippen LogP contribution >= 0.6 is 0 Å². The Morgan fingerprint density at radius 2 is 2.22 bits per heavy atom. The van der Waals surface area contributed by atoms with Gasteiger partial charge in [-0.15, -0.1) is 0 Å². The van der Waals surface area contributed by atoms with E-state index < -0.39 is 0 Å². The minimum Gasteiger partial charge on any atom is -0.496 e. The number of methoxy groups -OCH3 is 1. The van der Waals surface area contributed by atoms with Gasteiger partial charge in [0.15, 0.2) is 0 Å². The molecule has 0 unspecified atom stereocenters. The van der Waals surface area contributed by atoms with Crippen molar-refractivity contribution in [2.45, 2.75) is 19.9 Å². The number of nitrogens with zero attached hydrogens (tertiary/aromatic N) is 1. The Balaban J connectivity index is 2.28. The molecule has 0 saturated carbocycles. The van der Waals surface area contributed by atoms with Gasteiger partial charge in [-0.05, 0) is 26.0 Å². The predicted molar refractivity (Wildman–Crippen MR) is 71.1 cm³/mol. The van der Waals surface area contributed by atoms with Crippen LogP contribution in [0.1, 0.15) is 22.8 Å². The highest BCUT2D eigenvalue weighted by atomic mass is 16.5. The van der Waals surface area contributed by atoms with Crippen molar-refractivity contribution >= 4 is 5.91 Å². The van der Waals surface area contributed by atoms with Gasteiger partial charge in [-0.1, -0.05) is 11.6 Å². The van der Waals surface area contributed by atoms with Crippen molar-refractivity contribution in [1.82, 2.24) is 10.2 Å². The van der Waals surface area contributed by atoms with Crippen molar-refractivity contribution < 1.29 is 9.53 Å². The van der Waals surface area contributed by atoms with E-state index in [2.05, 4.69) is 5.32 Å². The molecule has 1 fully saturated rings. The highest BCUT2D eigenvalue weighted by molar-refractivity contribution is 5.97. The summed E-state index contributed by atoms with van der Waals surface area (Å²) in [5, 5.41) is 3.20. The number of ether oxygens (including phenoxy) is 1. The maximum Gasteiger partial charge on any atom is 0.257 e. The fourth-order valence-electron chi connectivity index (χ4n) is 2.21. The average Bonchev–Trinajstić information content (AvgIpc) is 2.32. The lowest BCUT2D eigenvalue weighted by Gasteiger charge is -2.37. The van der Waals surface area contributed by atoms with Crippen LogP contribution in [0.25, 0.3) is 0 Å². The molecule has 0 atom stereocenters. The zero-order valence-corrected chi connectivity index (χ0v) is 11.2. The Hall–Kier alpha value is -1.55. The topological polar surface area (TPSA) is 41.6 Å². The average molecular weight is 248 g/mol. The van der Waals surface area contributed by atoms with Crippen LogP contribution in [0.2, 0.25) is 0 Å². The molecular formula is C14H20N2O2. The highest BCUT2D eigenvalue weighted by Gasteiger charge is 2.29. The Morgan fingerprint density at radius 3 is 2.72 bits per heavy atom. The van der Waals surface area contributed by atoms with Crippen molar-refractivity contribution in [3.05, 3.63) is 29.3 Å². The van der Waals surface area contributed by atoms with Crippen molar-refractivity contribution in [2.24, 2.45) is 0 Å². The number of nitrogens with one attached hydrogen (secondary N) is 1. The van der Waals surface area contributed by atoms with E-state index in [-0.39, 0.29) is 5.91 Å². The number of likely N-dealkylation sites (N-methyl/N-ethyl adjacent to an activating group) is 1. The first-order valence-electron chi connectivity index (χ1n) is 6.33. The fraction of sp³-hybridized carbons (Fsp3) is 0.500. The normalized spacial score (nSPS) is 15.1. The van der Waals surface area contributed by atoms with E-state index >= 15 is 0 Å². The molecule has 1 aromatic carbocycles. The first kappa shape index (κ1) is 12.9. The molecule has 4 nitrogen and oxygen atoms in total. The second kappa shape index (κ2) is 5.40. The zero-order valence-electron chi connectivity index (χ0n) is 11.2. The van der Waals surface area contributed by atoms with Gasteiger partial charge in [0.05, 0.1) is 18.7 Å². The van der Waals surface area contributed by atoms with Crippen molar-refractivity contribution in [3.8, 4) is 5.75 Å².